The van der Waals surface area contributed by atoms with E-state index in [0.717, 1.165) is 24.2 Å². The SMILES string of the molecule is C=C(CC1=CC=CCC=C1)/C(=C\C(C)=C(\C)S)CCCCCC. The molecule has 1 heteroatoms. The average molecular weight is 329 g/mol. The van der Waals surface area contributed by atoms with Gasteiger partial charge in [-0.3, -0.25) is 0 Å². The van der Waals surface area contributed by atoms with Crippen LogP contribution in [0.1, 0.15) is 65.7 Å². The number of hydrogen-bond acceptors (Lipinski definition) is 1. The van der Waals surface area contributed by atoms with Gasteiger partial charge in [0, 0.05) is 0 Å². The summed E-state index contributed by atoms with van der Waals surface area (Å²) in [5.74, 6) is 0. The summed E-state index contributed by atoms with van der Waals surface area (Å²) in [6.07, 6.45) is 21.5. The second-order valence-corrected chi connectivity index (χ2v) is 7.01. The summed E-state index contributed by atoms with van der Waals surface area (Å²) in [7, 11) is 0. The Kier molecular flexibility index (Phi) is 9.78. The molecule has 0 unspecified atom stereocenters. The molecule has 0 bridgehead atoms. The average Bonchev–Trinajstić information content (AvgIpc) is 2.78. The van der Waals surface area contributed by atoms with Crippen LogP contribution in [-0.2, 0) is 0 Å². The highest BCUT2D eigenvalue weighted by atomic mass is 32.1. The Bertz CT molecular complexity index is 534. The molecular weight excluding hydrogens is 296 g/mol. The van der Waals surface area contributed by atoms with Gasteiger partial charge in [0.2, 0.25) is 0 Å². The van der Waals surface area contributed by atoms with Gasteiger partial charge in [0.1, 0.15) is 0 Å². The minimum Gasteiger partial charge on any atom is -0.148 e. The van der Waals surface area contributed by atoms with Crippen molar-refractivity contribution < 1.29 is 0 Å². The summed E-state index contributed by atoms with van der Waals surface area (Å²) in [4.78, 5) is 1.08. The maximum Gasteiger partial charge on any atom is -0.00290 e. The molecule has 23 heavy (non-hydrogen) atoms. The Morgan fingerprint density at radius 2 is 2.00 bits per heavy atom. The number of allylic oxidation sites excluding steroid dienone is 11. The highest BCUT2D eigenvalue weighted by Gasteiger charge is 2.06. The molecule has 0 fully saturated rings. The van der Waals surface area contributed by atoms with Gasteiger partial charge in [0.15, 0.2) is 0 Å². The normalized spacial score (nSPS) is 16.0. The third-order valence-electron chi connectivity index (χ3n) is 4.18. The van der Waals surface area contributed by atoms with E-state index in [1.165, 1.54) is 48.0 Å². The van der Waals surface area contributed by atoms with Crippen LogP contribution in [0.3, 0.4) is 0 Å². The van der Waals surface area contributed by atoms with Crippen molar-refractivity contribution >= 4 is 12.6 Å². The Morgan fingerprint density at radius 3 is 2.70 bits per heavy atom. The minimum absolute atomic E-state index is 0.930. The van der Waals surface area contributed by atoms with Crippen LogP contribution in [0.4, 0.5) is 0 Å². The van der Waals surface area contributed by atoms with E-state index in [4.69, 9.17) is 0 Å². The lowest BCUT2D eigenvalue weighted by Gasteiger charge is -2.13. The van der Waals surface area contributed by atoms with Crippen molar-refractivity contribution in [1.29, 1.82) is 0 Å². The van der Waals surface area contributed by atoms with Crippen LogP contribution in [0.5, 0.6) is 0 Å². The van der Waals surface area contributed by atoms with Crippen LogP contribution < -0.4 is 0 Å². The molecule has 0 radical (unpaired) electrons. The van der Waals surface area contributed by atoms with Gasteiger partial charge >= 0.3 is 0 Å². The summed E-state index contributed by atoms with van der Waals surface area (Å²) in [6, 6.07) is 0. The van der Waals surface area contributed by atoms with Crippen molar-refractivity contribution in [3.63, 3.8) is 0 Å². The molecule has 0 aromatic carbocycles. The zero-order valence-electron chi connectivity index (χ0n) is 15.1. The van der Waals surface area contributed by atoms with E-state index in [2.05, 4.69) is 69.5 Å². The van der Waals surface area contributed by atoms with Crippen LogP contribution in [0, 0.1) is 0 Å². The highest BCUT2D eigenvalue weighted by Crippen LogP contribution is 2.26. The molecule has 0 saturated heterocycles. The third-order valence-corrected chi connectivity index (χ3v) is 4.54. The topological polar surface area (TPSA) is 0 Å². The molecule has 1 aliphatic rings. The molecule has 0 spiro atoms. The van der Waals surface area contributed by atoms with E-state index in [1.54, 1.807) is 0 Å². The fourth-order valence-electron chi connectivity index (χ4n) is 2.56. The molecule has 0 nitrogen and oxygen atoms in total. The molecule has 126 valence electrons. The van der Waals surface area contributed by atoms with E-state index in [0.29, 0.717) is 0 Å². The highest BCUT2D eigenvalue weighted by molar-refractivity contribution is 7.84. The second kappa shape index (κ2) is 11.3. The van der Waals surface area contributed by atoms with Crippen molar-refractivity contribution in [1.82, 2.24) is 0 Å². The second-order valence-electron chi connectivity index (χ2n) is 6.34. The molecule has 0 heterocycles. The van der Waals surface area contributed by atoms with Crippen molar-refractivity contribution in [2.24, 2.45) is 0 Å². The van der Waals surface area contributed by atoms with Gasteiger partial charge in [-0.15, -0.1) is 12.6 Å². The smallest absolute Gasteiger partial charge is 0.00290 e. The summed E-state index contributed by atoms with van der Waals surface area (Å²) in [5, 5.41) is 0. The molecule has 1 rings (SSSR count). The Balaban J connectivity index is 2.81. The fraction of sp³-hybridized carbons (Fsp3) is 0.455. The van der Waals surface area contributed by atoms with Crippen molar-refractivity contribution in [2.75, 3.05) is 0 Å². The monoisotopic (exact) mass is 328 g/mol. The maximum atomic E-state index is 4.48. The van der Waals surface area contributed by atoms with Crippen molar-refractivity contribution in [2.45, 2.75) is 65.7 Å². The molecule has 0 amide bonds. The zero-order chi connectivity index (χ0) is 17.1. The van der Waals surface area contributed by atoms with Crippen LogP contribution in [0.25, 0.3) is 0 Å². The first-order valence-corrected chi connectivity index (χ1v) is 9.26. The third kappa shape index (κ3) is 8.27. The van der Waals surface area contributed by atoms with E-state index in [1.807, 2.05) is 6.92 Å². The molecule has 0 N–H and O–H groups in total. The van der Waals surface area contributed by atoms with Gasteiger partial charge in [0.05, 0.1) is 0 Å². The lowest BCUT2D eigenvalue weighted by atomic mass is 9.93. The first kappa shape index (κ1) is 19.8. The fourth-order valence-corrected chi connectivity index (χ4v) is 2.63. The van der Waals surface area contributed by atoms with Crippen molar-refractivity contribution in [3.05, 3.63) is 70.2 Å². The number of hydrogen-bond donors (Lipinski definition) is 1. The standard InChI is InChI=1S/C22H32S/c1-5-6-7-12-15-22(17-18(2)20(4)23)19(3)16-21-13-10-8-9-11-14-21/h8,10-11,13-14,17,23H,3,5-7,9,12,15-16H2,1-2,4H3/b20-18-,22-17-. The van der Waals surface area contributed by atoms with Gasteiger partial charge in [0.25, 0.3) is 0 Å². The van der Waals surface area contributed by atoms with Gasteiger partial charge in [-0.1, -0.05) is 69.2 Å². The van der Waals surface area contributed by atoms with E-state index < -0.39 is 0 Å². The van der Waals surface area contributed by atoms with E-state index >= 15 is 0 Å². The first-order valence-electron chi connectivity index (χ1n) is 8.82. The van der Waals surface area contributed by atoms with Crippen LogP contribution in [0.2, 0.25) is 0 Å². The van der Waals surface area contributed by atoms with Crippen molar-refractivity contribution in [3.8, 4) is 0 Å². The van der Waals surface area contributed by atoms with Crippen LogP contribution >= 0.6 is 12.6 Å². The summed E-state index contributed by atoms with van der Waals surface area (Å²) >= 11 is 4.48. The lowest BCUT2D eigenvalue weighted by molar-refractivity contribution is 0.665. The molecule has 0 saturated carbocycles. The summed E-state index contributed by atoms with van der Waals surface area (Å²) < 4.78 is 0. The Morgan fingerprint density at radius 1 is 1.22 bits per heavy atom. The molecule has 0 aromatic rings. The molecule has 0 atom stereocenters. The van der Waals surface area contributed by atoms with Crippen LogP contribution in [0.15, 0.2) is 70.2 Å². The van der Waals surface area contributed by atoms with Gasteiger partial charge in [-0.05, 0) is 66.7 Å². The zero-order valence-corrected chi connectivity index (χ0v) is 16.0. The molecule has 0 aliphatic heterocycles. The Labute approximate surface area is 148 Å². The summed E-state index contributed by atoms with van der Waals surface area (Å²) in [6.45, 7) is 10.8. The van der Waals surface area contributed by atoms with Gasteiger partial charge in [-0.2, -0.15) is 0 Å². The van der Waals surface area contributed by atoms with Gasteiger partial charge < -0.3 is 0 Å². The molecule has 0 aromatic heterocycles. The lowest BCUT2D eigenvalue weighted by Crippen LogP contribution is -1.93. The molecule has 1 aliphatic carbocycles. The number of rotatable bonds is 9. The van der Waals surface area contributed by atoms with Crippen LogP contribution in [-0.4, -0.2) is 0 Å². The quantitative estimate of drug-likeness (QED) is 0.253. The predicted octanol–water partition coefficient (Wildman–Crippen LogP) is 7.50. The van der Waals surface area contributed by atoms with E-state index in [-0.39, 0.29) is 0 Å². The summed E-state index contributed by atoms with van der Waals surface area (Å²) in [5.41, 5.74) is 5.20. The maximum absolute atomic E-state index is 4.48. The number of unbranched alkanes of at least 4 members (excludes halogenated alkanes) is 3. The molecular formula is C22H32S. The minimum atomic E-state index is 0.930. The largest absolute Gasteiger partial charge is 0.148 e. The van der Waals surface area contributed by atoms with Gasteiger partial charge in [-0.25, -0.2) is 0 Å². The number of thiol groups is 1. The first-order chi connectivity index (χ1) is 11.0. The predicted molar refractivity (Wildman–Crippen MR) is 109 cm³/mol. The van der Waals surface area contributed by atoms with E-state index in [9.17, 15) is 0 Å². The Hall–Kier alpha value is -1.21.